The van der Waals surface area contributed by atoms with Gasteiger partial charge in [0, 0.05) is 11.1 Å². The van der Waals surface area contributed by atoms with E-state index in [1.54, 1.807) is 29.7 Å². The molecule has 1 aliphatic carbocycles. The summed E-state index contributed by atoms with van der Waals surface area (Å²) in [6, 6.07) is 3.23. The fourth-order valence-corrected chi connectivity index (χ4v) is 4.87. The van der Waals surface area contributed by atoms with Crippen LogP contribution in [0.1, 0.15) is 46.9 Å². The highest BCUT2D eigenvalue weighted by Gasteiger charge is 2.23. The number of aromatic amines is 1. The van der Waals surface area contributed by atoms with E-state index in [1.807, 2.05) is 6.92 Å². The standard InChI is InChI=1S/C20H21N3O4S/c1-3-26-18-13(5-4-8-21-18)20(25)27-10-15-22-17(24)16-12-7-6-11(2)9-14(12)28-19(16)23-15/h4-5,8,11H,3,6-7,9-10H2,1-2H3,(H,22,23,24). The minimum absolute atomic E-state index is 0.122. The zero-order valence-corrected chi connectivity index (χ0v) is 16.6. The molecule has 1 N–H and O–H groups in total. The number of nitrogens with one attached hydrogen (secondary N) is 1. The zero-order valence-electron chi connectivity index (χ0n) is 15.8. The summed E-state index contributed by atoms with van der Waals surface area (Å²) in [5.41, 5.74) is 1.21. The van der Waals surface area contributed by atoms with Crippen molar-refractivity contribution in [1.29, 1.82) is 0 Å². The van der Waals surface area contributed by atoms with Gasteiger partial charge in [-0.3, -0.25) is 4.79 Å². The Bertz CT molecular complexity index is 1090. The highest BCUT2D eigenvalue weighted by molar-refractivity contribution is 7.18. The number of aryl methyl sites for hydroxylation is 1. The van der Waals surface area contributed by atoms with Crippen LogP contribution in [0.25, 0.3) is 10.2 Å². The lowest BCUT2D eigenvalue weighted by Crippen LogP contribution is -2.16. The van der Waals surface area contributed by atoms with Crippen LogP contribution in [-0.2, 0) is 24.2 Å². The number of carbonyl (C=O) groups excluding carboxylic acids is 1. The van der Waals surface area contributed by atoms with Gasteiger partial charge in [-0.2, -0.15) is 0 Å². The molecule has 0 aliphatic heterocycles. The lowest BCUT2D eigenvalue weighted by molar-refractivity contribution is 0.0457. The van der Waals surface area contributed by atoms with Crippen molar-refractivity contribution in [3.63, 3.8) is 0 Å². The Labute approximate surface area is 165 Å². The van der Waals surface area contributed by atoms with Crippen LogP contribution < -0.4 is 10.3 Å². The number of hydrogen-bond acceptors (Lipinski definition) is 7. The number of nitrogens with zero attached hydrogens (tertiary/aromatic N) is 2. The SMILES string of the molecule is CCOc1ncccc1C(=O)OCc1nc2sc3c(c2c(=O)[nH]1)CCC(C)C3. The predicted octanol–water partition coefficient (Wildman–Crippen LogP) is 3.26. The number of hydrogen-bond donors (Lipinski definition) is 1. The van der Waals surface area contributed by atoms with Crippen molar-refractivity contribution in [2.45, 2.75) is 39.7 Å². The number of fused-ring (bicyclic) bond motifs is 3. The number of H-pyrrole nitrogens is 1. The van der Waals surface area contributed by atoms with Crippen LogP contribution in [0.5, 0.6) is 5.88 Å². The van der Waals surface area contributed by atoms with E-state index >= 15 is 0 Å². The molecule has 3 heterocycles. The van der Waals surface area contributed by atoms with Crippen LogP contribution in [-0.4, -0.2) is 27.5 Å². The van der Waals surface area contributed by atoms with Gasteiger partial charge in [0.1, 0.15) is 22.8 Å². The number of thiophene rings is 1. The Morgan fingerprint density at radius 2 is 2.29 bits per heavy atom. The van der Waals surface area contributed by atoms with Gasteiger partial charge in [-0.05, 0) is 49.8 Å². The Morgan fingerprint density at radius 1 is 1.43 bits per heavy atom. The summed E-state index contributed by atoms with van der Waals surface area (Å²) >= 11 is 1.57. The zero-order chi connectivity index (χ0) is 19.7. The quantitative estimate of drug-likeness (QED) is 0.662. The molecule has 0 spiro atoms. The maximum atomic E-state index is 12.6. The molecule has 1 unspecified atom stereocenters. The fraction of sp³-hybridized carbons (Fsp3) is 0.400. The third-order valence-corrected chi connectivity index (χ3v) is 5.97. The minimum atomic E-state index is -0.571. The molecule has 3 aromatic heterocycles. The molecule has 4 rings (SSSR count). The number of carbonyl (C=O) groups is 1. The summed E-state index contributed by atoms with van der Waals surface area (Å²) in [6.45, 7) is 4.31. The van der Waals surface area contributed by atoms with Crippen LogP contribution >= 0.6 is 11.3 Å². The Morgan fingerprint density at radius 3 is 3.11 bits per heavy atom. The van der Waals surface area contributed by atoms with E-state index in [-0.39, 0.29) is 23.6 Å². The molecule has 1 atom stereocenters. The van der Waals surface area contributed by atoms with Crippen molar-refractivity contribution in [2.24, 2.45) is 5.92 Å². The molecule has 0 saturated carbocycles. The van der Waals surface area contributed by atoms with E-state index in [9.17, 15) is 9.59 Å². The van der Waals surface area contributed by atoms with Gasteiger partial charge in [0.25, 0.3) is 5.56 Å². The molecule has 0 fully saturated rings. The molecule has 3 aromatic rings. The highest BCUT2D eigenvalue weighted by Crippen LogP contribution is 2.35. The average molecular weight is 399 g/mol. The van der Waals surface area contributed by atoms with E-state index < -0.39 is 5.97 Å². The van der Waals surface area contributed by atoms with Gasteiger partial charge in [-0.15, -0.1) is 11.3 Å². The number of esters is 1. The number of pyridine rings is 1. The first-order valence-electron chi connectivity index (χ1n) is 9.35. The first-order valence-corrected chi connectivity index (χ1v) is 10.2. The van der Waals surface area contributed by atoms with Gasteiger partial charge in [0.2, 0.25) is 5.88 Å². The summed E-state index contributed by atoms with van der Waals surface area (Å²) in [6.07, 6.45) is 4.54. The minimum Gasteiger partial charge on any atom is -0.477 e. The molecule has 0 saturated heterocycles. The van der Waals surface area contributed by atoms with Crippen molar-refractivity contribution in [3.05, 3.63) is 50.5 Å². The number of aromatic nitrogens is 3. The van der Waals surface area contributed by atoms with Gasteiger partial charge < -0.3 is 14.5 Å². The van der Waals surface area contributed by atoms with E-state index in [2.05, 4.69) is 21.9 Å². The molecule has 1 aliphatic rings. The molecular weight excluding hydrogens is 378 g/mol. The van der Waals surface area contributed by atoms with Gasteiger partial charge in [0.05, 0.1) is 12.0 Å². The topological polar surface area (TPSA) is 94.2 Å². The van der Waals surface area contributed by atoms with Crippen LogP contribution in [0.3, 0.4) is 0 Å². The molecular formula is C20H21N3O4S. The van der Waals surface area contributed by atoms with Crippen molar-refractivity contribution in [2.75, 3.05) is 6.61 Å². The predicted molar refractivity (Wildman–Crippen MR) is 106 cm³/mol. The molecule has 0 amide bonds. The average Bonchev–Trinajstić information content (AvgIpc) is 3.04. The van der Waals surface area contributed by atoms with E-state index in [0.29, 0.717) is 28.6 Å². The molecule has 146 valence electrons. The van der Waals surface area contributed by atoms with E-state index in [1.165, 1.54) is 4.88 Å². The molecule has 0 aromatic carbocycles. The summed E-state index contributed by atoms with van der Waals surface area (Å²) in [7, 11) is 0. The first kappa shape index (κ1) is 18.6. The summed E-state index contributed by atoms with van der Waals surface area (Å²) in [5, 5.41) is 0.688. The smallest absolute Gasteiger partial charge is 0.344 e. The van der Waals surface area contributed by atoms with E-state index in [4.69, 9.17) is 9.47 Å². The Kier molecular flexibility index (Phi) is 5.13. The van der Waals surface area contributed by atoms with Gasteiger partial charge in [-0.1, -0.05) is 6.92 Å². The normalized spacial score (nSPS) is 16.0. The number of rotatable bonds is 5. The monoisotopic (exact) mass is 399 g/mol. The molecule has 7 nitrogen and oxygen atoms in total. The number of ether oxygens (including phenoxy) is 2. The van der Waals surface area contributed by atoms with Crippen LogP contribution in [0.15, 0.2) is 23.1 Å². The molecule has 8 heteroatoms. The maximum Gasteiger partial charge on any atom is 0.344 e. The molecule has 0 radical (unpaired) electrons. The second-order valence-corrected chi connectivity index (χ2v) is 7.99. The third-order valence-electron chi connectivity index (χ3n) is 4.83. The third kappa shape index (κ3) is 3.52. The van der Waals surface area contributed by atoms with Crippen molar-refractivity contribution >= 4 is 27.5 Å². The van der Waals surface area contributed by atoms with Gasteiger partial charge >= 0.3 is 5.97 Å². The van der Waals surface area contributed by atoms with Crippen molar-refractivity contribution in [3.8, 4) is 5.88 Å². The second-order valence-electron chi connectivity index (χ2n) is 6.91. The first-order chi connectivity index (χ1) is 13.6. The Balaban J connectivity index is 1.56. The van der Waals surface area contributed by atoms with Crippen molar-refractivity contribution in [1.82, 2.24) is 15.0 Å². The van der Waals surface area contributed by atoms with Crippen LogP contribution in [0, 0.1) is 5.92 Å². The largest absolute Gasteiger partial charge is 0.477 e. The molecule has 0 bridgehead atoms. The summed E-state index contributed by atoms with van der Waals surface area (Å²) in [5.74, 6) is 0.615. The van der Waals surface area contributed by atoms with E-state index in [0.717, 1.165) is 24.8 Å². The van der Waals surface area contributed by atoms with Crippen LogP contribution in [0.2, 0.25) is 0 Å². The second kappa shape index (κ2) is 7.71. The maximum absolute atomic E-state index is 12.6. The molecule has 28 heavy (non-hydrogen) atoms. The fourth-order valence-electron chi connectivity index (χ4n) is 3.47. The lowest BCUT2D eigenvalue weighted by atomic mass is 9.89. The summed E-state index contributed by atoms with van der Waals surface area (Å²) < 4.78 is 10.7. The van der Waals surface area contributed by atoms with Gasteiger partial charge in [0.15, 0.2) is 0 Å². The lowest BCUT2D eigenvalue weighted by Gasteiger charge is -2.17. The van der Waals surface area contributed by atoms with Crippen LogP contribution in [0.4, 0.5) is 0 Å². The Hall–Kier alpha value is -2.74. The summed E-state index contributed by atoms with van der Waals surface area (Å²) in [4.78, 5) is 38.3. The van der Waals surface area contributed by atoms with Gasteiger partial charge in [-0.25, -0.2) is 14.8 Å². The highest BCUT2D eigenvalue weighted by atomic mass is 32.1. The van der Waals surface area contributed by atoms with Crippen molar-refractivity contribution < 1.29 is 14.3 Å².